The van der Waals surface area contributed by atoms with E-state index in [9.17, 15) is 26.3 Å². The molecule has 0 unspecified atom stereocenters. The summed E-state index contributed by atoms with van der Waals surface area (Å²) < 4.78 is 132. The van der Waals surface area contributed by atoms with Gasteiger partial charge in [-0.2, -0.15) is 43.2 Å². The summed E-state index contributed by atoms with van der Waals surface area (Å²) in [4.78, 5) is 0. The number of alkyl halides is 6. The van der Waals surface area contributed by atoms with Crippen LogP contribution in [0.4, 0.5) is 37.7 Å². The molecule has 348 valence electrons. The van der Waals surface area contributed by atoms with Crippen LogP contribution in [-0.2, 0) is 65.9 Å². The van der Waals surface area contributed by atoms with Crippen molar-refractivity contribution >= 4 is 36.0 Å². The Bertz CT molecular complexity index is 1960. The molecule has 61 heavy (non-hydrogen) atoms. The zero-order chi connectivity index (χ0) is 47.8. The number of methoxy groups -OCH3 is 2. The first-order valence-corrected chi connectivity index (χ1v) is 23.6. The van der Waals surface area contributed by atoms with Gasteiger partial charge in [-0.25, -0.2) is 0 Å². The van der Waals surface area contributed by atoms with Crippen LogP contribution >= 0.6 is 0 Å². The molecule has 0 fully saturated rings. The normalized spacial score (nSPS) is 13.6. The molecule has 19 heteroatoms. The first-order chi connectivity index (χ1) is 27.8. The van der Waals surface area contributed by atoms with Crippen LogP contribution in [0.2, 0.25) is 0 Å². The number of rotatable bonds is 9. The van der Waals surface area contributed by atoms with Gasteiger partial charge < -0.3 is 15.2 Å². The minimum Gasteiger partial charge on any atom is -0.382 e. The number of halogens is 6. The molecule has 1 aliphatic heterocycles. The molecule has 0 radical (unpaired) electrons. The maximum absolute atomic E-state index is 10.7. The molecule has 0 spiro atoms. The van der Waals surface area contributed by atoms with E-state index in [1.165, 1.54) is 35.2 Å². The van der Waals surface area contributed by atoms with Gasteiger partial charge in [0.1, 0.15) is 0 Å². The van der Waals surface area contributed by atoms with Gasteiger partial charge in [-0.3, -0.25) is 9.11 Å². The summed E-state index contributed by atoms with van der Waals surface area (Å²) in [6, 6.07) is 27.3. The van der Waals surface area contributed by atoms with Crippen molar-refractivity contribution in [2.24, 2.45) is 14.3 Å². The molecular formula is C42H62F6MoN2O8S2. The van der Waals surface area contributed by atoms with Gasteiger partial charge in [0, 0.05) is 19.9 Å². The van der Waals surface area contributed by atoms with Crippen molar-refractivity contribution in [3.05, 3.63) is 108 Å². The van der Waals surface area contributed by atoms with Crippen LogP contribution < -0.4 is 5.73 Å². The fourth-order valence-electron chi connectivity index (χ4n) is 4.13. The van der Waals surface area contributed by atoms with E-state index in [-0.39, 0.29) is 23.3 Å². The number of benzene rings is 3. The maximum atomic E-state index is 10.7. The third kappa shape index (κ3) is 27.5. The molecule has 4 N–H and O–H groups in total. The number of nitrogen functional groups attached to an aromatic ring is 1. The average Bonchev–Trinajstić information content (AvgIpc) is 3.16. The Morgan fingerprint density at radius 1 is 0.803 bits per heavy atom. The molecule has 1 aliphatic rings. The SMILES string of the molecule is C=CC(C)(C)CCc1ccccc1N.CC1(C)[CH]=[Mo]=[N]c2ccccc2CC1.CCC(C)(C)c1ccccc1.COCCOC.O=S(=O)(O)C(F)(F)F.O=S(=O)(O)C(F)(F)F. The van der Waals surface area contributed by atoms with Gasteiger partial charge in [-0.05, 0) is 47.3 Å². The fourth-order valence-corrected chi connectivity index (χ4v) is 5.97. The zero-order valence-electron chi connectivity index (χ0n) is 36.2. The Morgan fingerprint density at radius 2 is 1.25 bits per heavy atom. The number of anilines is 1. The van der Waals surface area contributed by atoms with E-state index in [1.54, 1.807) is 14.2 Å². The molecule has 0 saturated heterocycles. The number of nitrogens with zero attached hydrogens (tertiary/aromatic N) is 1. The number of nitrogens with two attached hydrogens (primary N) is 1. The van der Waals surface area contributed by atoms with E-state index in [0.717, 1.165) is 24.9 Å². The second-order valence-electron chi connectivity index (χ2n) is 15.3. The summed E-state index contributed by atoms with van der Waals surface area (Å²) in [6.07, 6.45) is 7.72. The van der Waals surface area contributed by atoms with E-state index in [0.29, 0.717) is 24.0 Å². The number of ether oxygens (including phenoxy) is 2. The topological polar surface area (TPSA) is 166 Å². The first-order valence-electron chi connectivity index (χ1n) is 18.7. The monoisotopic (exact) mass is 998 g/mol. The molecule has 0 aliphatic carbocycles. The number of hydrogen-bond acceptors (Lipinski definition) is 8. The van der Waals surface area contributed by atoms with Crippen molar-refractivity contribution in [3.63, 3.8) is 0 Å². The molecule has 0 amide bonds. The van der Waals surface area contributed by atoms with E-state index in [2.05, 4.69) is 130 Å². The number of para-hydroxylation sites is 1. The molecular weight excluding hydrogens is 935 g/mol. The van der Waals surface area contributed by atoms with Crippen LogP contribution in [0.15, 0.2) is 95.0 Å². The van der Waals surface area contributed by atoms with Gasteiger partial charge in [0.2, 0.25) is 0 Å². The molecule has 3 aromatic rings. The van der Waals surface area contributed by atoms with Crippen molar-refractivity contribution in [2.45, 2.75) is 97.0 Å². The Morgan fingerprint density at radius 3 is 1.67 bits per heavy atom. The minimum atomic E-state index is -5.84. The third-order valence-electron chi connectivity index (χ3n) is 8.72. The first kappa shape index (κ1) is 60.0. The van der Waals surface area contributed by atoms with Crippen molar-refractivity contribution in [1.82, 2.24) is 0 Å². The summed E-state index contributed by atoms with van der Waals surface area (Å²) in [7, 11) is -8.38. The van der Waals surface area contributed by atoms with Gasteiger partial charge in [0.25, 0.3) is 0 Å². The fraction of sp³-hybridized carbons (Fsp3) is 0.500. The van der Waals surface area contributed by atoms with Crippen LogP contribution in [0.5, 0.6) is 0 Å². The van der Waals surface area contributed by atoms with Crippen LogP contribution in [0.1, 0.15) is 84.4 Å². The van der Waals surface area contributed by atoms with Crippen LogP contribution in [0, 0.1) is 10.8 Å². The van der Waals surface area contributed by atoms with Crippen molar-refractivity contribution < 1.29 is 79.7 Å². The van der Waals surface area contributed by atoms with Crippen molar-refractivity contribution in [2.75, 3.05) is 33.2 Å². The van der Waals surface area contributed by atoms with E-state index >= 15 is 0 Å². The predicted molar refractivity (Wildman–Crippen MR) is 229 cm³/mol. The maximum Gasteiger partial charge on any atom is 0.522 e. The Kier molecular flexibility index (Phi) is 27.4. The van der Waals surface area contributed by atoms with Gasteiger partial charge in [0.15, 0.2) is 0 Å². The number of fused-ring (bicyclic) bond motifs is 1. The van der Waals surface area contributed by atoms with E-state index < -0.39 is 31.3 Å². The minimum absolute atomic E-state index is 0.197. The molecule has 1 heterocycles. The molecule has 0 saturated carbocycles. The Balaban J connectivity index is 0. The smallest absolute Gasteiger partial charge is 0.382 e. The van der Waals surface area contributed by atoms with Crippen LogP contribution in [0.25, 0.3) is 0 Å². The number of aryl methyl sites for hydroxylation is 2. The Hall–Kier alpha value is -3.12. The summed E-state index contributed by atoms with van der Waals surface area (Å²) in [5.41, 5.74) is 1.95. The Labute approximate surface area is 366 Å². The van der Waals surface area contributed by atoms with Gasteiger partial charge in [0.05, 0.1) is 13.2 Å². The summed E-state index contributed by atoms with van der Waals surface area (Å²) >= 11 is -0.284. The quantitative estimate of drug-likeness (QED) is 0.0360. The van der Waals surface area contributed by atoms with Crippen molar-refractivity contribution in [3.8, 4) is 0 Å². The molecule has 4 rings (SSSR count). The third-order valence-corrected chi connectivity index (χ3v) is 12.5. The van der Waals surface area contributed by atoms with E-state index in [1.807, 2.05) is 24.3 Å². The van der Waals surface area contributed by atoms with E-state index in [4.69, 9.17) is 35.2 Å². The molecule has 0 aromatic heterocycles. The molecule has 3 aromatic carbocycles. The van der Waals surface area contributed by atoms with Crippen molar-refractivity contribution in [1.29, 1.82) is 0 Å². The zero-order valence-corrected chi connectivity index (χ0v) is 39.8. The molecule has 0 atom stereocenters. The second-order valence-corrected chi connectivity index (χ2v) is 19.6. The van der Waals surface area contributed by atoms with Crippen LogP contribution in [0.3, 0.4) is 0 Å². The predicted octanol–water partition coefficient (Wildman–Crippen LogP) is 11.2. The number of allylic oxidation sites excluding steroid dienone is 1. The van der Waals surface area contributed by atoms with Gasteiger partial charge in [-0.15, -0.1) is 6.58 Å². The standard InChI is InChI=1S/C13H19N.C12H15N.C11H16.C4H10O2.2CHF3O3S.Mo/c1-4-13(2,3)10-9-11-7-5-6-8-12(11)14;1-12(2,3)9-8-10-6-4-5-7-11(10)13;1-4-11(2,3)10-8-6-5-7-9-10;1-5-3-4-6-2;2*2-1(3,4)8(5,6)7;/h4-8H,1,9-10,14H2,2-3H3;1,4-7H,8-9H2,2-3H3;5-9H,4H2,1-3H3;3-4H2,1-2H3;2*(H,5,6,7);. The summed E-state index contributed by atoms with van der Waals surface area (Å²) in [5, 5.41) is 0. The van der Waals surface area contributed by atoms with Gasteiger partial charge >= 0.3 is 125 Å². The second kappa shape index (κ2) is 27.8. The largest absolute Gasteiger partial charge is 0.522 e. The summed E-state index contributed by atoms with van der Waals surface area (Å²) in [5.74, 6) is 0. The van der Waals surface area contributed by atoms with Crippen LogP contribution in [-0.4, -0.2) is 68.8 Å². The average molecular weight is 997 g/mol. The number of hydrogen-bond donors (Lipinski definition) is 3. The van der Waals surface area contributed by atoms with Gasteiger partial charge in [-0.1, -0.05) is 89.2 Å². The molecule has 10 nitrogen and oxygen atoms in total. The summed E-state index contributed by atoms with van der Waals surface area (Å²) in [6.45, 7) is 21.0. The molecule has 0 bridgehead atoms.